The number of hydrogen-bond donors (Lipinski definition) is 2. The Balaban J connectivity index is 1.80. The molecular formula is C18H15N3O5. The number of methoxy groups -OCH3 is 1. The van der Waals surface area contributed by atoms with Crippen LogP contribution in [0.25, 0.3) is 10.9 Å². The number of rotatable bonds is 5. The number of carboxylic acid groups (broad SMARTS) is 1. The van der Waals surface area contributed by atoms with E-state index in [4.69, 9.17) is 9.47 Å². The Morgan fingerprint density at radius 2 is 1.92 bits per heavy atom. The van der Waals surface area contributed by atoms with Crippen LogP contribution in [-0.4, -0.2) is 34.2 Å². The number of carboxylic acids is 1. The van der Waals surface area contributed by atoms with E-state index in [-0.39, 0.29) is 23.6 Å². The number of carbonyl (C=O) groups is 2. The van der Waals surface area contributed by atoms with Crippen LogP contribution in [0.3, 0.4) is 0 Å². The lowest BCUT2D eigenvalue weighted by Gasteiger charge is -2.09. The molecule has 0 saturated carbocycles. The number of nitrogens with zero attached hydrogens (tertiary/aromatic N) is 2. The summed E-state index contributed by atoms with van der Waals surface area (Å²) in [5, 5.41) is 12.0. The molecule has 0 fully saturated rings. The molecule has 0 unspecified atom stereocenters. The van der Waals surface area contributed by atoms with E-state index in [0.29, 0.717) is 11.1 Å². The zero-order chi connectivity index (χ0) is 18.5. The Morgan fingerprint density at radius 3 is 2.62 bits per heavy atom. The molecule has 0 aliphatic carbocycles. The highest BCUT2D eigenvalue weighted by Gasteiger charge is 2.15. The molecule has 8 nitrogen and oxygen atoms in total. The molecule has 3 aromatic rings. The molecule has 0 aliphatic heterocycles. The molecule has 132 valence electrons. The molecule has 0 spiro atoms. The van der Waals surface area contributed by atoms with E-state index in [9.17, 15) is 14.7 Å². The predicted octanol–water partition coefficient (Wildman–Crippen LogP) is 3.09. The first-order valence-corrected chi connectivity index (χ1v) is 7.63. The normalized spacial score (nSPS) is 10.3. The molecule has 1 amide bonds. The summed E-state index contributed by atoms with van der Waals surface area (Å²) in [5.41, 5.74) is 1.16. The summed E-state index contributed by atoms with van der Waals surface area (Å²) >= 11 is 0. The van der Waals surface area contributed by atoms with E-state index in [1.54, 1.807) is 0 Å². The van der Waals surface area contributed by atoms with Gasteiger partial charge in [0.15, 0.2) is 0 Å². The largest absolute Gasteiger partial charge is 0.494 e. The van der Waals surface area contributed by atoms with Crippen LogP contribution in [0.5, 0.6) is 5.75 Å². The van der Waals surface area contributed by atoms with Gasteiger partial charge in [-0.05, 0) is 17.7 Å². The minimum absolute atomic E-state index is 0.0172. The van der Waals surface area contributed by atoms with E-state index in [1.165, 1.54) is 25.4 Å². The van der Waals surface area contributed by atoms with E-state index in [2.05, 4.69) is 15.3 Å². The van der Waals surface area contributed by atoms with Crippen molar-refractivity contribution in [2.45, 2.75) is 6.61 Å². The van der Waals surface area contributed by atoms with E-state index >= 15 is 0 Å². The molecule has 0 aliphatic rings. The van der Waals surface area contributed by atoms with Crippen molar-refractivity contribution in [1.82, 2.24) is 9.97 Å². The third-order valence-electron chi connectivity index (χ3n) is 3.59. The molecule has 1 aromatic heterocycles. The van der Waals surface area contributed by atoms with Gasteiger partial charge in [0.2, 0.25) is 5.95 Å². The van der Waals surface area contributed by atoms with Crippen LogP contribution in [0, 0.1) is 0 Å². The number of amides is 1. The van der Waals surface area contributed by atoms with Gasteiger partial charge in [-0.2, -0.15) is 0 Å². The second kappa shape index (κ2) is 7.47. The van der Waals surface area contributed by atoms with Crippen molar-refractivity contribution >= 4 is 28.9 Å². The van der Waals surface area contributed by atoms with Crippen molar-refractivity contribution < 1.29 is 24.2 Å². The average Bonchev–Trinajstić information content (AvgIpc) is 2.66. The predicted molar refractivity (Wildman–Crippen MR) is 93.3 cm³/mol. The highest BCUT2D eigenvalue weighted by atomic mass is 16.5. The van der Waals surface area contributed by atoms with Gasteiger partial charge in [0.1, 0.15) is 17.9 Å². The van der Waals surface area contributed by atoms with Gasteiger partial charge >= 0.3 is 12.1 Å². The van der Waals surface area contributed by atoms with Gasteiger partial charge in [-0.15, -0.1) is 0 Å². The first kappa shape index (κ1) is 17.2. The van der Waals surface area contributed by atoms with Crippen molar-refractivity contribution in [2.24, 2.45) is 0 Å². The third-order valence-corrected chi connectivity index (χ3v) is 3.59. The maximum atomic E-state index is 11.9. The topological polar surface area (TPSA) is 111 Å². The van der Waals surface area contributed by atoms with Crippen LogP contribution in [0.2, 0.25) is 0 Å². The molecule has 2 N–H and O–H groups in total. The van der Waals surface area contributed by atoms with Gasteiger partial charge in [-0.1, -0.05) is 30.3 Å². The summed E-state index contributed by atoms with van der Waals surface area (Å²) in [6.45, 7) is 0.104. The zero-order valence-electron chi connectivity index (χ0n) is 13.8. The molecule has 3 rings (SSSR count). The number of anilines is 1. The fourth-order valence-corrected chi connectivity index (χ4v) is 2.36. The molecule has 0 atom stereocenters. The number of nitrogens with one attached hydrogen (secondary N) is 1. The van der Waals surface area contributed by atoms with E-state index in [1.807, 2.05) is 30.3 Å². The minimum Gasteiger partial charge on any atom is -0.494 e. The number of ether oxygens (including phenoxy) is 2. The van der Waals surface area contributed by atoms with Gasteiger partial charge in [-0.3, -0.25) is 5.32 Å². The summed E-state index contributed by atoms with van der Waals surface area (Å²) in [5.74, 6) is -0.756. The first-order valence-electron chi connectivity index (χ1n) is 7.63. The van der Waals surface area contributed by atoms with Gasteiger partial charge in [0, 0.05) is 11.6 Å². The lowest BCUT2D eigenvalue weighted by Crippen LogP contribution is -2.15. The Labute approximate surface area is 148 Å². The molecule has 0 bridgehead atoms. The molecule has 26 heavy (non-hydrogen) atoms. The maximum absolute atomic E-state index is 11.9. The molecule has 0 radical (unpaired) electrons. The monoisotopic (exact) mass is 353 g/mol. The number of carbonyl (C=O) groups excluding carboxylic acids is 1. The number of benzene rings is 2. The lowest BCUT2D eigenvalue weighted by atomic mass is 10.1. The highest BCUT2D eigenvalue weighted by Crippen LogP contribution is 2.27. The molecular weight excluding hydrogens is 338 g/mol. The lowest BCUT2D eigenvalue weighted by molar-refractivity contribution is 0.0699. The summed E-state index contributed by atoms with van der Waals surface area (Å²) in [4.78, 5) is 31.4. The zero-order valence-corrected chi connectivity index (χ0v) is 13.8. The average molecular weight is 353 g/mol. The van der Waals surface area contributed by atoms with Crippen molar-refractivity contribution in [3.63, 3.8) is 0 Å². The van der Waals surface area contributed by atoms with Crippen LogP contribution in [-0.2, 0) is 11.3 Å². The van der Waals surface area contributed by atoms with E-state index in [0.717, 1.165) is 5.56 Å². The molecule has 0 saturated heterocycles. The van der Waals surface area contributed by atoms with Crippen LogP contribution >= 0.6 is 0 Å². The van der Waals surface area contributed by atoms with Gasteiger partial charge in [0.25, 0.3) is 0 Å². The fourth-order valence-electron chi connectivity index (χ4n) is 2.36. The van der Waals surface area contributed by atoms with Crippen LogP contribution in [0.1, 0.15) is 15.9 Å². The van der Waals surface area contributed by atoms with Gasteiger partial charge < -0.3 is 14.6 Å². The first-order chi connectivity index (χ1) is 12.6. The summed E-state index contributed by atoms with van der Waals surface area (Å²) in [6, 6.07) is 12.1. The minimum atomic E-state index is -1.11. The van der Waals surface area contributed by atoms with Crippen LogP contribution in [0.15, 0.2) is 48.7 Å². The quantitative estimate of drug-likeness (QED) is 0.725. The maximum Gasteiger partial charge on any atom is 0.414 e. The Kier molecular flexibility index (Phi) is 4.93. The van der Waals surface area contributed by atoms with Gasteiger partial charge in [0.05, 0.1) is 12.7 Å². The van der Waals surface area contributed by atoms with Crippen LogP contribution < -0.4 is 10.1 Å². The highest BCUT2D eigenvalue weighted by molar-refractivity contribution is 6.04. The second-order valence-electron chi connectivity index (χ2n) is 5.26. The van der Waals surface area contributed by atoms with E-state index < -0.39 is 12.1 Å². The number of aromatic nitrogens is 2. The van der Waals surface area contributed by atoms with Crippen molar-refractivity contribution in [3.05, 3.63) is 59.8 Å². The molecule has 8 heteroatoms. The standard InChI is InChI=1S/C18H15N3O5/c1-25-14-8-7-12(16(22)23)13-9-19-17(20-15(13)14)21-18(24)26-10-11-5-3-2-4-6-11/h2-9H,10H2,1H3,(H,22,23)(H,19,20,21,24). The Morgan fingerprint density at radius 1 is 1.15 bits per heavy atom. The van der Waals surface area contributed by atoms with Gasteiger partial charge in [-0.25, -0.2) is 19.6 Å². The summed E-state index contributed by atoms with van der Waals surface area (Å²) in [7, 11) is 1.44. The second-order valence-corrected chi connectivity index (χ2v) is 5.26. The smallest absolute Gasteiger partial charge is 0.414 e. The molecule has 1 heterocycles. The van der Waals surface area contributed by atoms with Crippen molar-refractivity contribution in [1.29, 1.82) is 0 Å². The molecule has 2 aromatic carbocycles. The summed E-state index contributed by atoms with van der Waals surface area (Å²) < 4.78 is 10.3. The number of aromatic carboxylic acids is 1. The Hall–Kier alpha value is -3.68. The van der Waals surface area contributed by atoms with Crippen LogP contribution in [0.4, 0.5) is 10.7 Å². The number of hydrogen-bond acceptors (Lipinski definition) is 6. The van der Waals surface area contributed by atoms with Crippen molar-refractivity contribution in [3.8, 4) is 5.75 Å². The summed E-state index contributed by atoms with van der Waals surface area (Å²) in [6.07, 6.45) is 0.600. The number of fused-ring (bicyclic) bond motifs is 1. The fraction of sp³-hybridized carbons (Fsp3) is 0.111. The Bertz CT molecular complexity index is 960. The SMILES string of the molecule is COc1ccc(C(=O)O)c2cnc(NC(=O)OCc3ccccc3)nc12. The van der Waals surface area contributed by atoms with Crippen molar-refractivity contribution in [2.75, 3.05) is 12.4 Å². The third kappa shape index (κ3) is 3.69.